The highest BCUT2D eigenvalue weighted by Gasteiger charge is 2.25. The molecule has 1 atom stereocenters. The van der Waals surface area contributed by atoms with Crippen molar-refractivity contribution in [2.75, 3.05) is 20.2 Å². The lowest BCUT2D eigenvalue weighted by Crippen LogP contribution is -2.31. The second kappa shape index (κ2) is 6.02. The van der Waals surface area contributed by atoms with Gasteiger partial charge in [0, 0.05) is 9.13 Å². The van der Waals surface area contributed by atoms with Crippen LogP contribution in [0.25, 0.3) is 0 Å². The van der Waals surface area contributed by atoms with Gasteiger partial charge in [0.05, 0.1) is 13.2 Å². The summed E-state index contributed by atoms with van der Waals surface area (Å²) in [6.07, 6.45) is 1.63. The zero-order valence-electron chi connectivity index (χ0n) is 9.95. The van der Waals surface area contributed by atoms with Crippen molar-refractivity contribution in [3.63, 3.8) is 0 Å². The first kappa shape index (κ1) is 13.1. The zero-order chi connectivity index (χ0) is 12.3. The molecule has 1 aliphatic heterocycles. The Bertz CT molecular complexity index is 378. The molecule has 1 heterocycles. The summed E-state index contributed by atoms with van der Waals surface area (Å²) in [4.78, 5) is 0. The monoisotopic (exact) mass is 347 g/mol. The van der Waals surface area contributed by atoms with Gasteiger partial charge < -0.3 is 15.2 Å². The molecule has 0 amide bonds. The Labute approximate surface area is 116 Å². The SMILES string of the molecule is COc1ccc(I)cc1C(O)C1CCNCC1. The van der Waals surface area contributed by atoms with Gasteiger partial charge in [0.1, 0.15) is 5.75 Å². The van der Waals surface area contributed by atoms with Crippen molar-refractivity contribution < 1.29 is 9.84 Å². The van der Waals surface area contributed by atoms with E-state index in [4.69, 9.17) is 4.74 Å². The number of hydrogen-bond acceptors (Lipinski definition) is 3. The van der Waals surface area contributed by atoms with Gasteiger partial charge in [-0.15, -0.1) is 0 Å². The molecule has 3 nitrogen and oxygen atoms in total. The van der Waals surface area contributed by atoms with Crippen LogP contribution in [0.5, 0.6) is 5.75 Å². The predicted octanol–water partition coefficient (Wildman–Crippen LogP) is 2.33. The average molecular weight is 347 g/mol. The first-order chi connectivity index (χ1) is 8.22. The van der Waals surface area contributed by atoms with E-state index in [0.29, 0.717) is 5.92 Å². The Morgan fingerprint density at radius 2 is 2.12 bits per heavy atom. The number of methoxy groups -OCH3 is 1. The van der Waals surface area contributed by atoms with Crippen molar-refractivity contribution in [2.45, 2.75) is 18.9 Å². The minimum atomic E-state index is -0.415. The standard InChI is InChI=1S/C13H18INO2/c1-17-12-3-2-10(14)8-11(12)13(16)9-4-6-15-7-5-9/h2-3,8-9,13,15-16H,4-7H2,1H3. The Balaban J connectivity index is 2.21. The molecule has 1 aliphatic rings. The molecule has 1 unspecified atom stereocenters. The first-order valence-corrected chi connectivity index (χ1v) is 7.02. The minimum absolute atomic E-state index is 0.336. The van der Waals surface area contributed by atoms with E-state index in [1.807, 2.05) is 18.2 Å². The predicted molar refractivity (Wildman–Crippen MR) is 76.3 cm³/mol. The first-order valence-electron chi connectivity index (χ1n) is 5.94. The summed E-state index contributed by atoms with van der Waals surface area (Å²) in [7, 11) is 1.65. The second-order valence-corrected chi connectivity index (χ2v) is 5.66. The molecule has 17 heavy (non-hydrogen) atoms. The third kappa shape index (κ3) is 3.11. The maximum Gasteiger partial charge on any atom is 0.124 e. The topological polar surface area (TPSA) is 41.5 Å². The van der Waals surface area contributed by atoms with Crippen molar-refractivity contribution in [2.24, 2.45) is 5.92 Å². The lowest BCUT2D eigenvalue weighted by atomic mass is 9.88. The van der Waals surface area contributed by atoms with Gasteiger partial charge >= 0.3 is 0 Å². The van der Waals surface area contributed by atoms with Crippen LogP contribution in [0.3, 0.4) is 0 Å². The van der Waals surface area contributed by atoms with Crippen molar-refractivity contribution in [1.29, 1.82) is 0 Å². The van der Waals surface area contributed by atoms with E-state index < -0.39 is 6.10 Å². The molecule has 0 aliphatic carbocycles. The van der Waals surface area contributed by atoms with Crippen LogP contribution in [-0.2, 0) is 0 Å². The fraction of sp³-hybridized carbons (Fsp3) is 0.538. The van der Waals surface area contributed by atoms with Crippen LogP contribution in [-0.4, -0.2) is 25.3 Å². The van der Waals surface area contributed by atoms with Crippen molar-refractivity contribution in [3.8, 4) is 5.75 Å². The lowest BCUT2D eigenvalue weighted by molar-refractivity contribution is 0.0864. The third-order valence-electron chi connectivity index (χ3n) is 3.34. The molecule has 1 fully saturated rings. The molecule has 4 heteroatoms. The molecule has 1 aromatic carbocycles. The van der Waals surface area contributed by atoms with Crippen molar-refractivity contribution in [3.05, 3.63) is 27.3 Å². The third-order valence-corrected chi connectivity index (χ3v) is 4.01. The summed E-state index contributed by atoms with van der Waals surface area (Å²) in [5, 5.41) is 13.8. The molecular weight excluding hydrogens is 329 g/mol. The molecular formula is C13H18INO2. The number of benzene rings is 1. The smallest absolute Gasteiger partial charge is 0.124 e. The molecule has 94 valence electrons. The Morgan fingerprint density at radius 3 is 2.76 bits per heavy atom. The molecule has 0 spiro atoms. The number of nitrogens with one attached hydrogen (secondary N) is 1. The Kier molecular flexibility index (Phi) is 4.64. The lowest BCUT2D eigenvalue weighted by Gasteiger charge is -2.28. The normalized spacial score (nSPS) is 19.0. The van der Waals surface area contributed by atoms with Crippen molar-refractivity contribution in [1.82, 2.24) is 5.32 Å². The van der Waals surface area contributed by atoms with E-state index >= 15 is 0 Å². The number of halogens is 1. The van der Waals surface area contributed by atoms with Gasteiger partial charge in [-0.3, -0.25) is 0 Å². The van der Waals surface area contributed by atoms with E-state index in [2.05, 4.69) is 27.9 Å². The van der Waals surface area contributed by atoms with Crippen LogP contribution < -0.4 is 10.1 Å². The highest BCUT2D eigenvalue weighted by molar-refractivity contribution is 14.1. The summed E-state index contributed by atoms with van der Waals surface area (Å²) in [5.74, 6) is 1.12. The molecule has 1 aromatic rings. The van der Waals surface area contributed by atoms with Crippen LogP contribution in [0.2, 0.25) is 0 Å². The fourth-order valence-corrected chi connectivity index (χ4v) is 2.87. The van der Waals surface area contributed by atoms with Crippen LogP contribution in [0, 0.1) is 9.49 Å². The molecule has 0 aromatic heterocycles. The van der Waals surface area contributed by atoms with E-state index in [-0.39, 0.29) is 0 Å². The molecule has 2 N–H and O–H groups in total. The average Bonchev–Trinajstić information content (AvgIpc) is 2.39. The maximum absolute atomic E-state index is 10.5. The molecule has 2 rings (SSSR count). The Morgan fingerprint density at radius 1 is 1.41 bits per heavy atom. The van der Waals surface area contributed by atoms with Gasteiger partial charge in [0.25, 0.3) is 0 Å². The van der Waals surface area contributed by atoms with Gasteiger partial charge in [0.15, 0.2) is 0 Å². The molecule has 0 bridgehead atoms. The van der Waals surface area contributed by atoms with Gasteiger partial charge in [-0.25, -0.2) is 0 Å². The van der Waals surface area contributed by atoms with Gasteiger partial charge in [-0.1, -0.05) is 0 Å². The quantitative estimate of drug-likeness (QED) is 0.825. The van der Waals surface area contributed by atoms with E-state index in [1.165, 1.54) is 0 Å². The number of hydrogen-bond donors (Lipinski definition) is 2. The second-order valence-electron chi connectivity index (χ2n) is 4.42. The number of rotatable bonds is 3. The summed E-state index contributed by atoms with van der Waals surface area (Å²) in [5.41, 5.74) is 0.923. The van der Waals surface area contributed by atoms with E-state index in [1.54, 1.807) is 7.11 Å². The fourth-order valence-electron chi connectivity index (χ4n) is 2.35. The van der Waals surface area contributed by atoms with E-state index in [0.717, 1.165) is 40.8 Å². The molecule has 1 saturated heterocycles. The number of piperidine rings is 1. The number of aliphatic hydroxyl groups is 1. The minimum Gasteiger partial charge on any atom is -0.496 e. The van der Waals surface area contributed by atoms with Gasteiger partial charge in [-0.05, 0) is 72.6 Å². The highest BCUT2D eigenvalue weighted by Crippen LogP contribution is 2.34. The zero-order valence-corrected chi connectivity index (χ0v) is 12.1. The van der Waals surface area contributed by atoms with E-state index in [9.17, 15) is 5.11 Å². The maximum atomic E-state index is 10.5. The Hall–Kier alpha value is -0.330. The summed E-state index contributed by atoms with van der Waals surface area (Å²) >= 11 is 2.26. The highest BCUT2D eigenvalue weighted by atomic mass is 127. The number of aliphatic hydroxyl groups excluding tert-OH is 1. The number of ether oxygens (including phenoxy) is 1. The molecule has 0 saturated carbocycles. The summed E-state index contributed by atoms with van der Waals surface area (Å²) < 4.78 is 6.46. The largest absolute Gasteiger partial charge is 0.496 e. The summed E-state index contributed by atoms with van der Waals surface area (Å²) in [6.45, 7) is 1.99. The van der Waals surface area contributed by atoms with Crippen LogP contribution in [0.15, 0.2) is 18.2 Å². The van der Waals surface area contributed by atoms with Gasteiger partial charge in [-0.2, -0.15) is 0 Å². The van der Waals surface area contributed by atoms with Crippen LogP contribution in [0.1, 0.15) is 24.5 Å². The molecule has 0 radical (unpaired) electrons. The van der Waals surface area contributed by atoms with Crippen LogP contribution >= 0.6 is 22.6 Å². The summed E-state index contributed by atoms with van der Waals surface area (Å²) in [6, 6.07) is 5.95. The van der Waals surface area contributed by atoms with Crippen LogP contribution in [0.4, 0.5) is 0 Å². The van der Waals surface area contributed by atoms with Gasteiger partial charge in [0.2, 0.25) is 0 Å². The van der Waals surface area contributed by atoms with Crippen molar-refractivity contribution >= 4 is 22.6 Å².